The van der Waals surface area contributed by atoms with Gasteiger partial charge in [-0.25, -0.2) is 0 Å². The van der Waals surface area contributed by atoms with Crippen molar-refractivity contribution in [2.45, 2.75) is 86.6 Å². The molecule has 1 atom stereocenters. The molecule has 0 aromatic carbocycles. The Bertz CT molecular complexity index is 205. The molecule has 1 fully saturated rings. The average Bonchev–Trinajstić information content (AvgIpc) is 2.43. The SMILES string of the molecule is CCC[CH2][SnH]([CH2]CCC)[O]P(O)OC1CCCCC1. The van der Waals surface area contributed by atoms with E-state index in [-0.39, 0.29) is 6.10 Å². The fraction of sp³-hybridized carbons (Fsp3) is 1.00. The third-order valence-electron chi connectivity index (χ3n) is 3.79. The van der Waals surface area contributed by atoms with E-state index in [4.69, 9.17) is 7.38 Å². The Kier molecular flexibility index (Phi) is 11.2. The van der Waals surface area contributed by atoms with Crippen molar-refractivity contribution in [3.05, 3.63) is 0 Å². The molecule has 0 heterocycles. The molecule has 1 aliphatic rings. The van der Waals surface area contributed by atoms with Crippen molar-refractivity contribution in [1.29, 1.82) is 0 Å². The van der Waals surface area contributed by atoms with Crippen molar-refractivity contribution in [2.24, 2.45) is 0 Å². The van der Waals surface area contributed by atoms with Gasteiger partial charge in [-0.3, -0.25) is 0 Å². The molecule has 1 unspecified atom stereocenters. The van der Waals surface area contributed by atoms with Crippen LogP contribution < -0.4 is 0 Å². The summed E-state index contributed by atoms with van der Waals surface area (Å²) in [7, 11) is -1.58. The van der Waals surface area contributed by atoms with E-state index < -0.39 is 28.8 Å². The van der Waals surface area contributed by atoms with Gasteiger partial charge in [-0.2, -0.15) is 0 Å². The Morgan fingerprint density at radius 3 is 2.16 bits per heavy atom. The molecule has 0 spiro atoms. The van der Waals surface area contributed by atoms with Gasteiger partial charge in [0.2, 0.25) is 0 Å². The van der Waals surface area contributed by atoms with Crippen molar-refractivity contribution in [3.63, 3.8) is 0 Å². The molecule has 1 rings (SSSR count). The van der Waals surface area contributed by atoms with E-state index >= 15 is 0 Å². The number of hydrogen-bond donors (Lipinski definition) is 1. The monoisotopic (exact) mass is 398 g/mol. The van der Waals surface area contributed by atoms with E-state index in [9.17, 15) is 4.89 Å². The first-order chi connectivity index (χ1) is 9.26. The third-order valence-corrected chi connectivity index (χ3v) is 14.9. The third kappa shape index (κ3) is 8.87. The van der Waals surface area contributed by atoms with E-state index in [2.05, 4.69) is 13.8 Å². The molecular weight excluding hydrogens is 366 g/mol. The zero-order chi connectivity index (χ0) is 13.9. The Morgan fingerprint density at radius 1 is 1.05 bits per heavy atom. The van der Waals surface area contributed by atoms with E-state index in [0.717, 1.165) is 12.8 Å². The van der Waals surface area contributed by atoms with E-state index in [0.29, 0.717) is 0 Å². The maximum atomic E-state index is 10.0. The standard InChI is InChI=1S/C6H12O3P.2C4H9.Sn.H/c7-10(8)9-6-4-2-1-3-5-6;2*1-3-4-2;;/h6-7H,1-5H2;2*1,3-4H2,2H3;;/q-1;;;+1;. The van der Waals surface area contributed by atoms with Crippen molar-refractivity contribution in [3.8, 4) is 0 Å². The van der Waals surface area contributed by atoms with Gasteiger partial charge in [0.1, 0.15) is 0 Å². The van der Waals surface area contributed by atoms with Crippen LogP contribution in [0, 0.1) is 0 Å². The first-order valence-electron chi connectivity index (χ1n) is 8.08. The van der Waals surface area contributed by atoms with Gasteiger partial charge in [0.05, 0.1) is 0 Å². The predicted molar refractivity (Wildman–Crippen MR) is 84.8 cm³/mol. The zero-order valence-corrected chi connectivity index (χ0v) is 16.8. The van der Waals surface area contributed by atoms with Crippen molar-refractivity contribution in [2.75, 3.05) is 0 Å². The molecule has 0 radical (unpaired) electrons. The Morgan fingerprint density at radius 2 is 1.63 bits per heavy atom. The molecule has 0 amide bonds. The van der Waals surface area contributed by atoms with Gasteiger partial charge < -0.3 is 0 Å². The molecule has 1 aliphatic carbocycles. The molecule has 0 aromatic rings. The molecule has 0 aromatic heterocycles. The van der Waals surface area contributed by atoms with Crippen LogP contribution >= 0.6 is 8.60 Å². The van der Waals surface area contributed by atoms with Crippen LogP contribution in [-0.4, -0.2) is 31.2 Å². The summed E-state index contributed by atoms with van der Waals surface area (Å²) in [6, 6.07) is 0. The van der Waals surface area contributed by atoms with E-state index in [1.807, 2.05) is 0 Å². The summed E-state index contributed by atoms with van der Waals surface area (Å²) in [6.45, 7) is 4.45. The molecule has 3 nitrogen and oxygen atoms in total. The topological polar surface area (TPSA) is 38.7 Å². The second-order valence-electron chi connectivity index (χ2n) is 5.62. The maximum absolute atomic E-state index is 10.0. The summed E-state index contributed by atoms with van der Waals surface area (Å²) < 4.78 is 14.2. The zero-order valence-electron chi connectivity index (χ0n) is 12.6. The Hall–Kier alpha value is 1.11. The quantitative estimate of drug-likeness (QED) is 0.421. The van der Waals surface area contributed by atoms with Crippen molar-refractivity contribution < 1.29 is 12.3 Å². The molecule has 1 saturated carbocycles. The molecule has 1 N–H and O–H groups in total. The Labute approximate surface area is 127 Å². The minimum atomic E-state index is -1.97. The molecule has 0 bridgehead atoms. The fourth-order valence-corrected chi connectivity index (χ4v) is 13.7. The minimum absolute atomic E-state index is 0.258. The molecule has 19 heavy (non-hydrogen) atoms. The van der Waals surface area contributed by atoms with Gasteiger partial charge >= 0.3 is 128 Å². The van der Waals surface area contributed by atoms with Crippen molar-refractivity contribution in [1.82, 2.24) is 0 Å². The summed E-state index contributed by atoms with van der Waals surface area (Å²) in [5.41, 5.74) is 0. The molecule has 114 valence electrons. The summed E-state index contributed by atoms with van der Waals surface area (Å²) in [5, 5.41) is 0. The number of hydrogen-bond acceptors (Lipinski definition) is 3. The van der Waals surface area contributed by atoms with Crippen LogP contribution in [0.2, 0.25) is 8.87 Å². The number of rotatable bonds is 10. The summed E-state index contributed by atoms with van der Waals surface area (Å²) >= 11 is -1.97. The molecular formula is C14H31O3PSn. The van der Waals surface area contributed by atoms with Crippen LogP contribution in [-0.2, 0) is 7.38 Å². The fourth-order valence-electron chi connectivity index (χ4n) is 2.56. The van der Waals surface area contributed by atoms with Gasteiger partial charge in [-0.1, -0.05) is 0 Å². The second-order valence-corrected chi connectivity index (χ2v) is 15.2. The van der Waals surface area contributed by atoms with Crippen LogP contribution in [0.4, 0.5) is 0 Å². The summed E-state index contributed by atoms with van der Waals surface area (Å²) in [5.74, 6) is 0. The van der Waals surface area contributed by atoms with E-state index in [1.165, 1.54) is 53.8 Å². The summed E-state index contributed by atoms with van der Waals surface area (Å²) in [6.07, 6.45) is 11.3. The van der Waals surface area contributed by atoms with Crippen LogP contribution in [0.15, 0.2) is 0 Å². The van der Waals surface area contributed by atoms with Gasteiger partial charge in [-0.05, 0) is 0 Å². The first-order valence-corrected chi connectivity index (χ1v) is 15.2. The Balaban J connectivity index is 2.25. The van der Waals surface area contributed by atoms with Gasteiger partial charge in [0, 0.05) is 0 Å². The van der Waals surface area contributed by atoms with Gasteiger partial charge in [-0.15, -0.1) is 0 Å². The average molecular weight is 397 g/mol. The first kappa shape index (κ1) is 18.2. The second kappa shape index (κ2) is 11.7. The normalized spacial score (nSPS) is 18.9. The van der Waals surface area contributed by atoms with Crippen LogP contribution in [0.5, 0.6) is 0 Å². The molecule has 0 saturated heterocycles. The predicted octanol–water partition coefficient (Wildman–Crippen LogP) is 4.90. The van der Waals surface area contributed by atoms with Crippen molar-refractivity contribution >= 4 is 28.8 Å². The van der Waals surface area contributed by atoms with Crippen LogP contribution in [0.25, 0.3) is 0 Å². The van der Waals surface area contributed by atoms with Gasteiger partial charge in [0.15, 0.2) is 0 Å². The summed E-state index contributed by atoms with van der Waals surface area (Å²) in [4.78, 5) is 10.0. The molecule has 5 heteroatoms. The van der Waals surface area contributed by atoms with Crippen LogP contribution in [0.1, 0.15) is 71.6 Å². The van der Waals surface area contributed by atoms with Gasteiger partial charge in [0.25, 0.3) is 0 Å². The van der Waals surface area contributed by atoms with Crippen LogP contribution in [0.3, 0.4) is 0 Å². The van der Waals surface area contributed by atoms with E-state index in [1.54, 1.807) is 0 Å². The molecule has 0 aliphatic heterocycles. The number of unbranched alkanes of at least 4 members (excludes halogenated alkanes) is 2.